The summed E-state index contributed by atoms with van der Waals surface area (Å²) in [7, 11) is 0. The first kappa shape index (κ1) is 24.6. The molecule has 0 bridgehead atoms. The quantitative estimate of drug-likeness (QED) is 0.186. The molecule has 0 saturated carbocycles. The van der Waals surface area contributed by atoms with Crippen LogP contribution >= 0.6 is 27.5 Å². The molecule has 7 aromatic rings. The summed E-state index contributed by atoms with van der Waals surface area (Å²) in [6.45, 7) is 0.700. The van der Waals surface area contributed by atoms with Crippen molar-refractivity contribution in [1.29, 1.82) is 0 Å². The Hall–Kier alpha value is -4.46. The third-order valence-corrected chi connectivity index (χ3v) is 7.61. The van der Waals surface area contributed by atoms with Crippen LogP contribution in [0.15, 0.2) is 122 Å². The van der Waals surface area contributed by atoms with Gasteiger partial charge in [0.15, 0.2) is 5.76 Å². The van der Waals surface area contributed by atoms with Gasteiger partial charge in [0.25, 0.3) is 5.56 Å². The predicted octanol–water partition coefficient (Wildman–Crippen LogP) is 8.11. The molecule has 0 aliphatic heterocycles. The molecule has 194 valence electrons. The zero-order chi connectivity index (χ0) is 27.2. The Morgan fingerprint density at radius 3 is 2.55 bits per heavy atom. The highest BCUT2D eigenvalue weighted by atomic mass is 79.9. The van der Waals surface area contributed by atoms with Crippen molar-refractivity contribution in [3.05, 3.63) is 134 Å². The number of halogens is 2. The summed E-state index contributed by atoms with van der Waals surface area (Å²) < 4.78 is 10.6. The van der Waals surface area contributed by atoms with Crippen LogP contribution in [0.5, 0.6) is 0 Å². The summed E-state index contributed by atoms with van der Waals surface area (Å²) in [6.07, 6.45) is 3.76. The van der Waals surface area contributed by atoms with Crippen LogP contribution in [0, 0.1) is 0 Å². The molecular weight excluding hydrogens is 588 g/mol. The van der Waals surface area contributed by atoms with Gasteiger partial charge in [-0.2, -0.15) is 9.78 Å². The lowest BCUT2D eigenvalue weighted by Gasteiger charge is -2.07. The Bertz CT molecular complexity index is 2140. The molecule has 0 amide bonds. The molecule has 0 aliphatic carbocycles. The number of aromatic nitrogens is 3. The fourth-order valence-corrected chi connectivity index (χ4v) is 5.37. The zero-order valence-electron chi connectivity index (χ0n) is 21.0. The van der Waals surface area contributed by atoms with Gasteiger partial charge in [-0.05, 0) is 60.2 Å². The summed E-state index contributed by atoms with van der Waals surface area (Å²) in [5, 5.41) is 7.60. The lowest BCUT2D eigenvalue weighted by Crippen LogP contribution is -2.20. The van der Waals surface area contributed by atoms with Crippen molar-refractivity contribution < 1.29 is 4.42 Å². The normalized spacial score (nSPS) is 11.8. The lowest BCUT2D eigenvalue weighted by atomic mass is 10.2. The van der Waals surface area contributed by atoms with Gasteiger partial charge in [0, 0.05) is 44.1 Å². The van der Waals surface area contributed by atoms with Crippen molar-refractivity contribution in [2.24, 2.45) is 5.10 Å². The van der Waals surface area contributed by atoms with E-state index in [1.165, 1.54) is 10.2 Å². The van der Waals surface area contributed by atoms with Crippen molar-refractivity contribution in [1.82, 2.24) is 14.2 Å². The van der Waals surface area contributed by atoms with Gasteiger partial charge in [0.2, 0.25) is 5.82 Å². The summed E-state index contributed by atoms with van der Waals surface area (Å²) in [5.41, 5.74) is 4.07. The first-order valence-corrected chi connectivity index (χ1v) is 13.8. The number of fused-ring (bicyclic) bond motifs is 3. The number of hydrogen-bond donors (Lipinski definition) is 0. The lowest BCUT2D eigenvalue weighted by molar-refractivity contribution is 0.616. The second-order valence-corrected chi connectivity index (χ2v) is 10.8. The molecule has 0 spiro atoms. The number of benzene rings is 4. The SMILES string of the molecule is O=c1c2ccccc2nc(-c2cc3cc(Cl)ccc3o2)n1N=Cc1cn(Cc2ccc(Br)cc2)c2ccccc12. The van der Waals surface area contributed by atoms with Gasteiger partial charge in [-0.15, -0.1) is 0 Å². The van der Waals surface area contributed by atoms with E-state index in [2.05, 4.69) is 56.1 Å². The van der Waals surface area contributed by atoms with Crippen molar-refractivity contribution >= 4 is 66.5 Å². The minimum absolute atomic E-state index is 0.283. The van der Waals surface area contributed by atoms with E-state index in [-0.39, 0.29) is 5.56 Å². The van der Waals surface area contributed by atoms with Gasteiger partial charge >= 0.3 is 0 Å². The standard InChI is InChI=1S/C32H20BrClN4O2/c33-23-11-9-20(10-12-23)18-37-19-22(25-5-2-4-8-28(25)37)17-35-38-31(36-27-7-3-1-6-26(27)32(38)39)30-16-21-15-24(34)13-14-29(21)40-30/h1-17,19H,18H2. The monoisotopic (exact) mass is 606 g/mol. The average molecular weight is 608 g/mol. The topological polar surface area (TPSA) is 65.3 Å². The molecule has 0 atom stereocenters. The highest BCUT2D eigenvalue weighted by molar-refractivity contribution is 9.10. The third-order valence-electron chi connectivity index (χ3n) is 6.85. The maximum atomic E-state index is 13.7. The molecular formula is C32H20BrClN4O2. The maximum Gasteiger partial charge on any atom is 0.282 e. The number of para-hydroxylation sites is 2. The van der Waals surface area contributed by atoms with Crippen LogP contribution in [0.3, 0.4) is 0 Å². The van der Waals surface area contributed by atoms with Gasteiger partial charge in [-0.3, -0.25) is 4.79 Å². The minimum Gasteiger partial charge on any atom is -0.453 e. The zero-order valence-corrected chi connectivity index (χ0v) is 23.3. The Kier molecular flexibility index (Phi) is 6.10. The van der Waals surface area contributed by atoms with Crippen LogP contribution in [-0.4, -0.2) is 20.4 Å². The fraction of sp³-hybridized carbons (Fsp3) is 0.0312. The Morgan fingerprint density at radius 2 is 1.70 bits per heavy atom. The van der Waals surface area contributed by atoms with Gasteiger partial charge in [0.05, 0.1) is 17.1 Å². The highest BCUT2D eigenvalue weighted by Crippen LogP contribution is 2.29. The Labute approximate surface area is 241 Å². The van der Waals surface area contributed by atoms with Gasteiger partial charge in [0.1, 0.15) is 5.58 Å². The number of hydrogen-bond acceptors (Lipinski definition) is 4. The summed E-state index contributed by atoms with van der Waals surface area (Å²) in [4.78, 5) is 18.5. The van der Waals surface area contributed by atoms with E-state index in [4.69, 9.17) is 21.0 Å². The molecule has 40 heavy (non-hydrogen) atoms. The molecule has 3 aromatic heterocycles. The molecule has 0 aliphatic rings. The fourth-order valence-electron chi connectivity index (χ4n) is 4.93. The molecule has 7 rings (SSSR count). The van der Waals surface area contributed by atoms with E-state index >= 15 is 0 Å². The highest BCUT2D eigenvalue weighted by Gasteiger charge is 2.17. The molecule has 0 saturated heterocycles. The number of furan rings is 1. The average Bonchev–Trinajstić information content (AvgIpc) is 3.55. The molecule has 3 heterocycles. The first-order valence-electron chi connectivity index (χ1n) is 12.6. The molecule has 6 nitrogen and oxygen atoms in total. The second-order valence-electron chi connectivity index (χ2n) is 9.46. The van der Waals surface area contributed by atoms with Crippen LogP contribution in [0.2, 0.25) is 5.02 Å². The summed E-state index contributed by atoms with van der Waals surface area (Å²) in [5.74, 6) is 0.737. The molecule has 0 unspecified atom stereocenters. The molecule has 0 radical (unpaired) electrons. The van der Waals surface area contributed by atoms with Gasteiger partial charge < -0.3 is 8.98 Å². The molecule has 0 fully saturated rings. The van der Waals surface area contributed by atoms with Gasteiger partial charge in [-0.1, -0.05) is 70.0 Å². The predicted molar refractivity (Wildman–Crippen MR) is 164 cm³/mol. The van der Waals surface area contributed by atoms with Crippen LogP contribution in [0.1, 0.15) is 11.1 Å². The van der Waals surface area contributed by atoms with Crippen LogP contribution in [0.4, 0.5) is 0 Å². The van der Waals surface area contributed by atoms with Crippen molar-refractivity contribution in [2.75, 3.05) is 0 Å². The maximum absolute atomic E-state index is 13.7. The van der Waals surface area contributed by atoms with Crippen LogP contribution < -0.4 is 5.56 Å². The molecule has 8 heteroatoms. The van der Waals surface area contributed by atoms with E-state index in [0.29, 0.717) is 39.6 Å². The van der Waals surface area contributed by atoms with E-state index in [1.807, 2.05) is 54.6 Å². The van der Waals surface area contributed by atoms with Crippen molar-refractivity contribution in [3.8, 4) is 11.6 Å². The first-order chi connectivity index (χ1) is 19.5. The van der Waals surface area contributed by atoms with Crippen LogP contribution in [0.25, 0.3) is 44.4 Å². The number of rotatable bonds is 5. The molecule has 0 N–H and O–H groups in total. The van der Waals surface area contributed by atoms with E-state index in [9.17, 15) is 4.79 Å². The van der Waals surface area contributed by atoms with Crippen LogP contribution in [-0.2, 0) is 6.54 Å². The second kappa shape index (κ2) is 9.93. The summed E-state index contributed by atoms with van der Waals surface area (Å²) >= 11 is 9.70. The van der Waals surface area contributed by atoms with E-state index in [1.54, 1.807) is 24.4 Å². The van der Waals surface area contributed by atoms with Crippen molar-refractivity contribution in [2.45, 2.75) is 6.54 Å². The Balaban J connectivity index is 1.37. The molecule has 4 aromatic carbocycles. The minimum atomic E-state index is -0.283. The van der Waals surface area contributed by atoms with E-state index in [0.717, 1.165) is 26.3 Å². The largest absolute Gasteiger partial charge is 0.453 e. The third kappa shape index (κ3) is 4.43. The van der Waals surface area contributed by atoms with E-state index < -0.39 is 0 Å². The smallest absolute Gasteiger partial charge is 0.282 e. The van der Waals surface area contributed by atoms with Gasteiger partial charge in [-0.25, -0.2) is 4.98 Å². The van der Waals surface area contributed by atoms with Crippen molar-refractivity contribution in [3.63, 3.8) is 0 Å². The number of nitrogens with zero attached hydrogens (tertiary/aromatic N) is 4. The summed E-state index contributed by atoms with van der Waals surface area (Å²) in [6, 6.07) is 30.9. The Morgan fingerprint density at radius 1 is 0.925 bits per heavy atom.